The van der Waals surface area contributed by atoms with Crippen LogP contribution >= 0.6 is 0 Å². The third-order valence-corrected chi connectivity index (χ3v) is 2.74. The third-order valence-electron chi connectivity index (χ3n) is 2.74. The standard InChI is InChI=1S/C17H26O2/c1-6-7-8-9-16(18-19-17(3,4)5)15-12-10-14(2)11-13-15/h6,10-13,16H,1,7-9H2,2-5H3. The van der Waals surface area contributed by atoms with E-state index in [1.807, 2.05) is 26.8 Å². The normalized spacial score (nSPS) is 13.3. The minimum Gasteiger partial charge on any atom is -0.230 e. The Morgan fingerprint density at radius 1 is 1.21 bits per heavy atom. The van der Waals surface area contributed by atoms with Gasteiger partial charge in [-0.15, -0.1) is 6.58 Å². The van der Waals surface area contributed by atoms with Crippen LogP contribution in [0.4, 0.5) is 0 Å². The number of hydrogen-bond donors (Lipinski definition) is 0. The zero-order chi connectivity index (χ0) is 14.3. The molecule has 19 heavy (non-hydrogen) atoms. The quantitative estimate of drug-likeness (QED) is 0.293. The number of hydrogen-bond acceptors (Lipinski definition) is 2. The smallest absolute Gasteiger partial charge is 0.118 e. The number of unbranched alkanes of at least 4 members (excludes halogenated alkanes) is 1. The summed E-state index contributed by atoms with van der Waals surface area (Å²) in [7, 11) is 0. The lowest BCUT2D eigenvalue weighted by Crippen LogP contribution is -2.21. The molecule has 0 saturated carbocycles. The average Bonchev–Trinajstić information content (AvgIpc) is 2.34. The second-order valence-corrected chi connectivity index (χ2v) is 5.91. The minimum atomic E-state index is -0.290. The van der Waals surface area contributed by atoms with Crippen molar-refractivity contribution in [2.75, 3.05) is 0 Å². The zero-order valence-corrected chi connectivity index (χ0v) is 12.6. The van der Waals surface area contributed by atoms with Crippen molar-refractivity contribution in [3.05, 3.63) is 48.0 Å². The first kappa shape index (κ1) is 15.9. The predicted octanol–water partition coefficient (Wildman–Crippen LogP) is 5.14. The molecular formula is C17H26O2. The van der Waals surface area contributed by atoms with E-state index < -0.39 is 0 Å². The summed E-state index contributed by atoms with van der Waals surface area (Å²) in [5, 5.41) is 0. The van der Waals surface area contributed by atoms with E-state index >= 15 is 0 Å². The van der Waals surface area contributed by atoms with Gasteiger partial charge in [0.2, 0.25) is 0 Å². The highest BCUT2D eigenvalue weighted by atomic mass is 17.2. The second-order valence-electron chi connectivity index (χ2n) is 5.91. The highest BCUT2D eigenvalue weighted by Gasteiger charge is 2.18. The highest BCUT2D eigenvalue weighted by Crippen LogP contribution is 2.26. The molecule has 0 aromatic heterocycles. The summed E-state index contributed by atoms with van der Waals surface area (Å²) in [6, 6.07) is 8.44. The summed E-state index contributed by atoms with van der Waals surface area (Å²) in [6.07, 6.45) is 4.92. The molecule has 0 aliphatic rings. The SMILES string of the molecule is C=CCCCC(OOC(C)(C)C)c1ccc(C)cc1. The summed E-state index contributed by atoms with van der Waals surface area (Å²) < 4.78 is 0. The van der Waals surface area contributed by atoms with Crippen molar-refractivity contribution in [1.29, 1.82) is 0 Å². The van der Waals surface area contributed by atoms with Crippen molar-refractivity contribution in [2.45, 2.75) is 58.7 Å². The Labute approximate surface area is 117 Å². The molecule has 0 radical (unpaired) electrons. The van der Waals surface area contributed by atoms with Crippen LogP contribution < -0.4 is 0 Å². The van der Waals surface area contributed by atoms with Crippen LogP contribution in [0, 0.1) is 6.92 Å². The monoisotopic (exact) mass is 262 g/mol. The molecule has 0 saturated heterocycles. The van der Waals surface area contributed by atoms with Gasteiger partial charge in [0.15, 0.2) is 0 Å². The van der Waals surface area contributed by atoms with Crippen LogP contribution in [0.1, 0.15) is 57.3 Å². The number of rotatable bonds is 7. The van der Waals surface area contributed by atoms with E-state index in [1.54, 1.807) is 0 Å². The molecule has 0 aliphatic heterocycles. The first-order chi connectivity index (χ1) is 8.92. The van der Waals surface area contributed by atoms with Gasteiger partial charge in [0.1, 0.15) is 6.10 Å². The Morgan fingerprint density at radius 3 is 2.37 bits per heavy atom. The van der Waals surface area contributed by atoms with Crippen LogP contribution in [0.2, 0.25) is 0 Å². The van der Waals surface area contributed by atoms with Crippen LogP contribution in [-0.2, 0) is 9.78 Å². The minimum absolute atomic E-state index is 0.0141. The Hall–Kier alpha value is -1.12. The molecular weight excluding hydrogens is 236 g/mol. The molecule has 1 aromatic rings. The van der Waals surface area contributed by atoms with Gasteiger partial charge >= 0.3 is 0 Å². The van der Waals surface area contributed by atoms with E-state index in [0.717, 1.165) is 19.3 Å². The maximum absolute atomic E-state index is 5.64. The molecule has 0 N–H and O–H groups in total. The summed E-state index contributed by atoms with van der Waals surface area (Å²) in [6.45, 7) is 11.8. The molecule has 1 aromatic carbocycles. The van der Waals surface area contributed by atoms with Gasteiger partial charge in [0.05, 0.1) is 5.60 Å². The average molecular weight is 262 g/mol. The fourth-order valence-corrected chi connectivity index (χ4v) is 1.70. The number of aryl methyl sites for hydroxylation is 1. The summed E-state index contributed by atoms with van der Waals surface area (Å²) in [4.78, 5) is 11.1. The predicted molar refractivity (Wildman–Crippen MR) is 79.9 cm³/mol. The van der Waals surface area contributed by atoms with E-state index in [4.69, 9.17) is 9.78 Å². The fourth-order valence-electron chi connectivity index (χ4n) is 1.70. The van der Waals surface area contributed by atoms with E-state index in [1.165, 1.54) is 11.1 Å². The first-order valence-electron chi connectivity index (χ1n) is 6.94. The summed E-state index contributed by atoms with van der Waals surface area (Å²) >= 11 is 0. The molecule has 0 spiro atoms. The van der Waals surface area contributed by atoms with Gasteiger partial charge in [0.25, 0.3) is 0 Å². The summed E-state index contributed by atoms with van der Waals surface area (Å²) in [5.74, 6) is 0. The highest BCUT2D eigenvalue weighted by molar-refractivity contribution is 5.23. The van der Waals surface area contributed by atoms with Crippen molar-refractivity contribution in [2.24, 2.45) is 0 Å². The lowest BCUT2D eigenvalue weighted by molar-refractivity contribution is -0.376. The second kappa shape index (κ2) is 7.46. The van der Waals surface area contributed by atoms with Gasteiger partial charge in [-0.1, -0.05) is 35.9 Å². The fraction of sp³-hybridized carbons (Fsp3) is 0.529. The topological polar surface area (TPSA) is 18.5 Å². The van der Waals surface area contributed by atoms with E-state index in [-0.39, 0.29) is 11.7 Å². The summed E-state index contributed by atoms with van der Waals surface area (Å²) in [5.41, 5.74) is 2.13. The number of allylic oxidation sites excluding steroid dienone is 1. The van der Waals surface area contributed by atoms with Crippen molar-refractivity contribution in [3.63, 3.8) is 0 Å². The van der Waals surface area contributed by atoms with E-state index in [2.05, 4.69) is 37.8 Å². The molecule has 0 heterocycles. The van der Waals surface area contributed by atoms with Crippen LogP contribution in [0.5, 0.6) is 0 Å². The molecule has 2 heteroatoms. The van der Waals surface area contributed by atoms with E-state index in [0.29, 0.717) is 0 Å². The van der Waals surface area contributed by atoms with Gasteiger partial charge in [-0.05, 0) is 52.5 Å². The molecule has 1 rings (SSSR count). The van der Waals surface area contributed by atoms with Crippen molar-refractivity contribution < 1.29 is 9.78 Å². The lowest BCUT2D eigenvalue weighted by Gasteiger charge is -2.23. The molecule has 0 bridgehead atoms. The molecule has 1 atom stereocenters. The van der Waals surface area contributed by atoms with Gasteiger partial charge in [-0.2, -0.15) is 0 Å². The van der Waals surface area contributed by atoms with Crippen LogP contribution in [-0.4, -0.2) is 5.60 Å². The van der Waals surface area contributed by atoms with E-state index in [9.17, 15) is 0 Å². The Morgan fingerprint density at radius 2 is 1.84 bits per heavy atom. The van der Waals surface area contributed by atoms with Gasteiger partial charge in [0, 0.05) is 0 Å². The Bertz CT molecular complexity index is 373. The van der Waals surface area contributed by atoms with Gasteiger partial charge in [-0.25, -0.2) is 9.78 Å². The first-order valence-corrected chi connectivity index (χ1v) is 6.94. The molecule has 106 valence electrons. The maximum Gasteiger partial charge on any atom is 0.118 e. The molecule has 1 unspecified atom stereocenters. The van der Waals surface area contributed by atoms with Gasteiger partial charge in [-0.3, -0.25) is 0 Å². The molecule has 0 amide bonds. The third kappa shape index (κ3) is 6.55. The van der Waals surface area contributed by atoms with Gasteiger partial charge < -0.3 is 0 Å². The van der Waals surface area contributed by atoms with Crippen molar-refractivity contribution in [1.82, 2.24) is 0 Å². The van der Waals surface area contributed by atoms with Crippen LogP contribution in [0.15, 0.2) is 36.9 Å². The van der Waals surface area contributed by atoms with Crippen molar-refractivity contribution in [3.8, 4) is 0 Å². The number of benzene rings is 1. The Balaban J connectivity index is 2.67. The molecule has 0 fully saturated rings. The largest absolute Gasteiger partial charge is 0.230 e. The van der Waals surface area contributed by atoms with Crippen LogP contribution in [0.3, 0.4) is 0 Å². The molecule has 0 aliphatic carbocycles. The zero-order valence-electron chi connectivity index (χ0n) is 12.6. The Kier molecular flexibility index (Phi) is 6.26. The van der Waals surface area contributed by atoms with Crippen LogP contribution in [0.25, 0.3) is 0 Å². The lowest BCUT2D eigenvalue weighted by atomic mass is 10.0. The van der Waals surface area contributed by atoms with Crippen molar-refractivity contribution >= 4 is 0 Å². The molecule has 2 nitrogen and oxygen atoms in total. The maximum atomic E-state index is 5.64.